The number of nitrogens with zero attached hydrogens (tertiary/aromatic N) is 3. The van der Waals surface area contributed by atoms with Gasteiger partial charge in [0.1, 0.15) is 0 Å². The second-order valence-electron chi connectivity index (χ2n) is 3.95. The predicted molar refractivity (Wildman–Crippen MR) is 61.4 cm³/mol. The van der Waals surface area contributed by atoms with Gasteiger partial charge in [0.2, 0.25) is 0 Å². The molecule has 0 fully saturated rings. The van der Waals surface area contributed by atoms with Gasteiger partial charge in [-0.1, -0.05) is 25.6 Å². The second kappa shape index (κ2) is 4.89. The summed E-state index contributed by atoms with van der Waals surface area (Å²) in [5.41, 5.74) is 1.75. The quantitative estimate of drug-likeness (QED) is 0.653. The van der Waals surface area contributed by atoms with E-state index in [4.69, 9.17) is 5.11 Å². The van der Waals surface area contributed by atoms with Crippen molar-refractivity contribution >= 4 is 17.9 Å². The lowest BCUT2D eigenvalue weighted by atomic mass is 10.3. The topological polar surface area (TPSA) is 75.5 Å². The molecule has 0 unspecified atom stereocenters. The van der Waals surface area contributed by atoms with E-state index in [0.717, 1.165) is 16.4 Å². The standard InChI is InChI=1S/C10H13N3O3S/c1-6(2)17-9-11-3-7-4-13(16-10(14)15)5-8(7)12-9/h3,6H,4-5H2,1-2H3,(H,14,15). The number of carbonyl (C=O) groups is 1. The highest BCUT2D eigenvalue weighted by Crippen LogP contribution is 2.24. The number of rotatable bonds is 3. The molecule has 1 aliphatic heterocycles. The van der Waals surface area contributed by atoms with Crippen molar-refractivity contribution in [1.82, 2.24) is 15.0 Å². The van der Waals surface area contributed by atoms with Crippen molar-refractivity contribution < 1.29 is 14.7 Å². The van der Waals surface area contributed by atoms with Gasteiger partial charge in [-0.15, -0.1) is 5.06 Å². The normalized spacial score (nSPS) is 15.0. The molecule has 0 bridgehead atoms. The summed E-state index contributed by atoms with van der Waals surface area (Å²) < 4.78 is 0. The second-order valence-corrected chi connectivity index (χ2v) is 5.49. The maximum Gasteiger partial charge on any atom is 0.525 e. The first-order chi connectivity index (χ1) is 8.04. The molecule has 7 heteroatoms. The molecule has 92 valence electrons. The van der Waals surface area contributed by atoms with Crippen molar-refractivity contribution in [2.45, 2.75) is 37.3 Å². The molecule has 0 atom stereocenters. The monoisotopic (exact) mass is 255 g/mol. The van der Waals surface area contributed by atoms with Gasteiger partial charge in [0.25, 0.3) is 0 Å². The minimum absolute atomic E-state index is 0.385. The van der Waals surface area contributed by atoms with Crippen LogP contribution in [0.25, 0.3) is 0 Å². The van der Waals surface area contributed by atoms with E-state index in [9.17, 15) is 4.79 Å². The molecule has 1 aromatic rings. The molecule has 2 heterocycles. The fourth-order valence-corrected chi connectivity index (χ4v) is 2.25. The molecule has 0 aliphatic carbocycles. The average Bonchev–Trinajstić information content (AvgIpc) is 2.56. The Morgan fingerprint density at radius 2 is 2.35 bits per heavy atom. The van der Waals surface area contributed by atoms with Crippen LogP contribution in [0, 0.1) is 0 Å². The summed E-state index contributed by atoms with van der Waals surface area (Å²) in [6, 6.07) is 0. The lowest BCUT2D eigenvalue weighted by Crippen LogP contribution is -2.20. The van der Waals surface area contributed by atoms with Crippen LogP contribution in [0.1, 0.15) is 25.1 Å². The van der Waals surface area contributed by atoms with Crippen molar-refractivity contribution in [3.63, 3.8) is 0 Å². The fourth-order valence-electron chi connectivity index (χ4n) is 1.55. The molecule has 0 spiro atoms. The number of fused-ring (bicyclic) bond motifs is 1. The average molecular weight is 255 g/mol. The third kappa shape index (κ3) is 3.07. The van der Waals surface area contributed by atoms with E-state index in [0.29, 0.717) is 18.3 Å². The zero-order chi connectivity index (χ0) is 12.4. The Bertz CT molecular complexity index is 439. The molecule has 0 radical (unpaired) electrons. The maximum atomic E-state index is 10.4. The number of hydrogen-bond acceptors (Lipinski definition) is 6. The maximum absolute atomic E-state index is 10.4. The highest BCUT2D eigenvalue weighted by molar-refractivity contribution is 7.99. The van der Waals surface area contributed by atoms with Crippen LogP contribution in [-0.2, 0) is 17.9 Å². The molecule has 0 amide bonds. The molecular weight excluding hydrogens is 242 g/mol. The number of hydroxylamine groups is 2. The van der Waals surface area contributed by atoms with Crippen molar-refractivity contribution in [2.24, 2.45) is 0 Å². The van der Waals surface area contributed by atoms with Crippen LogP contribution in [0.2, 0.25) is 0 Å². The minimum Gasteiger partial charge on any atom is -0.448 e. The lowest BCUT2D eigenvalue weighted by molar-refractivity contribution is -0.125. The first kappa shape index (κ1) is 12.1. The van der Waals surface area contributed by atoms with Crippen LogP contribution in [0.5, 0.6) is 0 Å². The molecule has 0 saturated heterocycles. The Labute approximate surface area is 103 Å². The summed E-state index contributed by atoms with van der Waals surface area (Å²) >= 11 is 1.58. The molecule has 6 nitrogen and oxygen atoms in total. The summed E-state index contributed by atoms with van der Waals surface area (Å²) in [4.78, 5) is 23.6. The zero-order valence-electron chi connectivity index (χ0n) is 9.58. The van der Waals surface area contributed by atoms with E-state index in [-0.39, 0.29) is 0 Å². The molecule has 0 aromatic carbocycles. The number of hydrogen-bond donors (Lipinski definition) is 1. The summed E-state index contributed by atoms with van der Waals surface area (Å²) in [5, 5.41) is 11.0. The van der Waals surface area contributed by atoms with Crippen molar-refractivity contribution in [3.05, 3.63) is 17.5 Å². The summed E-state index contributed by atoms with van der Waals surface area (Å²) in [6.45, 7) is 4.94. The SMILES string of the molecule is CC(C)Sc1ncc2c(n1)CN(OC(=O)O)C2. The van der Waals surface area contributed by atoms with Gasteiger partial charge < -0.3 is 9.94 Å². The Hall–Kier alpha value is -1.34. The van der Waals surface area contributed by atoms with Crippen LogP contribution in [0.15, 0.2) is 11.4 Å². The van der Waals surface area contributed by atoms with Gasteiger partial charge in [-0.25, -0.2) is 14.8 Å². The van der Waals surface area contributed by atoms with Gasteiger partial charge >= 0.3 is 6.16 Å². The lowest BCUT2D eigenvalue weighted by Gasteiger charge is -2.09. The molecule has 1 aliphatic rings. The molecular formula is C10H13N3O3S. The van der Waals surface area contributed by atoms with Gasteiger partial charge in [-0.2, -0.15) is 0 Å². The van der Waals surface area contributed by atoms with Crippen LogP contribution >= 0.6 is 11.8 Å². The smallest absolute Gasteiger partial charge is 0.448 e. The van der Waals surface area contributed by atoms with Crippen molar-refractivity contribution in [1.29, 1.82) is 0 Å². The number of aromatic nitrogens is 2. The van der Waals surface area contributed by atoms with Gasteiger partial charge in [0.05, 0.1) is 18.8 Å². The molecule has 17 heavy (non-hydrogen) atoms. The molecule has 2 rings (SSSR count). The van der Waals surface area contributed by atoms with E-state index in [2.05, 4.69) is 28.7 Å². The minimum atomic E-state index is -1.30. The van der Waals surface area contributed by atoms with Gasteiger partial charge in [-0.05, 0) is 0 Å². The summed E-state index contributed by atoms with van der Waals surface area (Å²) in [7, 11) is 0. The van der Waals surface area contributed by atoms with Crippen LogP contribution in [-0.4, -0.2) is 31.5 Å². The highest BCUT2D eigenvalue weighted by atomic mass is 32.2. The third-order valence-electron chi connectivity index (χ3n) is 2.15. The van der Waals surface area contributed by atoms with E-state index in [1.165, 1.54) is 5.06 Å². The molecule has 1 aromatic heterocycles. The zero-order valence-corrected chi connectivity index (χ0v) is 10.4. The van der Waals surface area contributed by atoms with E-state index < -0.39 is 6.16 Å². The van der Waals surface area contributed by atoms with Crippen LogP contribution < -0.4 is 0 Å². The van der Waals surface area contributed by atoms with Gasteiger partial charge in [-0.3, -0.25) is 0 Å². The Morgan fingerprint density at radius 3 is 3.00 bits per heavy atom. The first-order valence-corrected chi connectivity index (χ1v) is 6.10. The fraction of sp³-hybridized carbons (Fsp3) is 0.500. The van der Waals surface area contributed by atoms with Crippen molar-refractivity contribution in [2.75, 3.05) is 0 Å². The van der Waals surface area contributed by atoms with E-state index >= 15 is 0 Å². The van der Waals surface area contributed by atoms with Crippen LogP contribution in [0.4, 0.5) is 4.79 Å². The highest BCUT2D eigenvalue weighted by Gasteiger charge is 2.24. The first-order valence-electron chi connectivity index (χ1n) is 5.22. The Balaban J connectivity index is 2.08. The van der Waals surface area contributed by atoms with E-state index in [1.807, 2.05) is 0 Å². The van der Waals surface area contributed by atoms with E-state index in [1.54, 1.807) is 18.0 Å². The molecule has 0 saturated carbocycles. The Morgan fingerprint density at radius 1 is 1.59 bits per heavy atom. The third-order valence-corrected chi connectivity index (χ3v) is 3.03. The van der Waals surface area contributed by atoms with Crippen LogP contribution in [0.3, 0.4) is 0 Å². The summed E-state index contributed by atoms with van der Waals surface area (Å²) in [5.74, 6) is 0. The molecule has 1 N–H and O–H groups in total. The largest absolute Gasteiger partial charge is 0.525 e. The van der Waals surface area contributed by atoms with Crippen molar-refractivity contribution in [3.8, 4) is 0 Å². The number of carboxylic acid groups (broad SMARTS) is 1. The number of thioether (sulfide) groups is 1. The predicted octanol–water partition coefficient (Wildman–Crippen LogP) is 1.90. The van der Waals surface area contributed by atoms with Gasteiger partial charge in [0.15, 0.2) is 5.16 Å². The van der Waals surface area contributed by atoms with Gasteiger partial charge in [0, 0.05) is 17.0 Å². The Kier molecular flexibility index (Phi) is 3.49. The summed E-state index contributed by atoms with van der Waals surface area (Å²) in [6.07, 6.45) is 0.431.